The van der Waals surface area contributed by atoms with Gasteiger partial charge >= 0.3 is 0 Å². The Morgan fingerprint density at radius 2 is 1.70 bits per heavy atom. The number of phenols is 1. The van der Waals surface area contributed by atoms with Gasteiger partial charge in [0, 0.05) is 19.4 Å². The van der Waals surface area contributed by atoms with Crippen molar-refractivity contribution in [1.29, 1.82) is 0 Å². The molecular formula is C14H16N2O3S. The van der Waals surface area contributed by atoms with Crippen molar-refractivity contribution in [2.45, 2.75) is 6.42 Å². The summed E-state index contributed by atoms with van der Waals surface area (Å²) in [4.78, 5) is 3.90. The summed E-state index contributed by atoms with van der Waals surface area (Å²) in [6.07, 6.45) is 3.73. The van der Waals surface area contributed by atoms with E-state index in [0.29, 0.717) is 12.1 Å². The fraction of sp³-hybridized carbons (Fsp3) is 0.214. The Bertz CT molecular complexity index is 655. The van der Waals surface area contributed by atoms with Crippen molar-refractivity contribution in [3.63, 3.8) is 0 Å². The van der Waals surface area contributed by atoms with Crippen LogP contribution in [0.1, 0.15) is 5.56 Å². The molecule has 0 aliphatic heterocycles. The molecule has 0 atom stereocenters. The number of pyridine rings is 1. The molecular weight excluding hydrogens is 276 g/mol. The first-order chi connectivity index (χ1) is 9.49. The number of phenolic OH excluding ortho intramolecular Hbond substituents is 1. The van der Waals surface area contributed by atoms with E-state index >= 15 is 0 Å². The van der Waals surface area contributed by atoms with Gasteiger partial charge in [0.15, 0.2) is 0 Å². The number of hydrogen-bond donors (Lipinski definition) is 1. The van der Waals surface area contributed by atoms with Gasteiger partial charge in [0.1, 0.15) is 5.75 Å². The summed E-state index contributed by atoms with van der Waals surface area (Å²) in [7, 11) is -1.88. The fourth-order valence-electron chi connectivity index (χ4n) is 1.76. The SMILES string of the molecule is CN(c1ccc(O)cc1)S(=O)(=O)CCc1ccncc1. The first kappa shape index (κ1) is 14.3. The quantitative estimate of drug-likeness (QED) is 0.912. The van der Waals surface area contributed by atoms with Crippen LogP contribution in [0.3, 0.4) is 0 Å². The van der Waals surface area contributed by atoms with Gasteiger partial charge in [-0.3, -0.25) is 9.29 Å². The highest BCUT2D eigenvalue weighted by atomic mass is 32.2. The van der Waals surface area contributed by atoms with Crippen LogP contribution in [0, 0.1) is 0 Å². The lowest BCUT2D eigenvalue weighted by Gasteiger charge is -2.19. The zero-order valence-corrected chi connectivity index (χ0v) is 11.9. The monoisotopic (exact) mass is 292 g/mol. The van der Waals surface area contributed by atoms with Gasteiger partial charge in [0.25, 0.3) is 0 Å². The number of aromatic nitrogens is 1. The van der Waals surface area contributed by atoms with E-state index in [2.05, 4.69) is 4.98 Å². The summed E-state index contributed by atoms with van der Waals surface area (Å²) in [6.45, 7) is 0. The maximum absolute atomic E-state index is 12.2. The van der Waals surface area contributed by atoms with Crippen LogP contribution in [0.5, 0.6) is 5.75 Å². The largest absolute Gasteiger partial charge is 0.508 e. The van der Waals surface area contributed by atoms with Gasteiger partial charge in [0.05, 0.1) is 11.4 Å². The van der Waals surface area contributed by atoms with Gasteiger partial charge in [-0.05, 0) is 48.4 Å². The highest BCUT2D eigenvalue weighted by Crippen LogP contribution is 2.20. The van der Waals surface area contributed by atoms with Crippen molar-refractivity contribution in [1.82, 2.24) is 4.98 Å². The predicted octanol–water partition coefficient (Wildman–Crippen LogP) is 1.80. The predicted molar refractivity (Wildman–Crippen MR) is 78.2 cm³/mol. The molecule has 1 aromatic heterocycles. The second-order valence-electron chi connectivity index (χ2n) is 4.41. The third kappa shape index (κ3) is 3.48. The number of anilines is 1. The Labute approximate surface area is 118 Å². The molecule has 0 saturated carbocycles. The van der Waals surface area contributed by atoms with Crippen LogP contribution in [0.4, 0.5) is 5.69 Å². The lowest BCUT2D eigenvalue weighted by atomic mass is 10.2. The molecule has 1 aromatic carbocycles. The number of aromatic hydroxyl groups is 1. The number of aryl methyl sites for hydroxylation is 1. The van der Waals surface area contributed by atoms with Crippen LogP contribution in [0.2, 0.25) is 0 Å². The lowest BCUT2D eigenvalue weighted by molar-refractivity contribution is 0.475. The van der Waals surface area contributed by atoms with Crippen molar-refractivity contribution in [3.8, 4) is 5.75 Å². The summed E-state index contributed by atoms with van der Waals surface area (Å²) in [5.74, 6) is 0.130. The van der Waals surface area contributed by atoms with Gasteiger partial charge in [-0.2, -0.15) is 0 Å². The van der Waals surface area contributed by atoms with Crippen LogP contribution in [-0.2, 0) is 16.4 Å². The summed E-state index contributed by atoms with van der Waals surface area (Å²) in [5.41, 5.74) is 1.46. The standard InChI is InChI=1S/C14H16N2O3S/c1-16(13-2-4-14(17)5-3-13)20(18,19)11-8-12-6-9-15-10-7-12/h2-7,9-10,17H,8,11H2,1H3. The zero-order valence-electron chi connectivity index (χ0n) is 11.1. The molecule has 0 unspecified atom stereocenters. The Hall–Kier alpha value is -2.08. The van der Waals surface area contributed by atoms with Crippen LogP contribution < -0.4 is 4.31 Å². The molecule has 0 amide bonds. The minimum absolute atomic E-state index is 0.0222. The minimum atomic E-state index is -3.39. The molecule has 5 nitrogen and oxygen atoms in total. The summed E-state index contributed by atoms with van der Waals surface area (Å²) >= 11 is 0. The van der Waals surface area contributed by atoms with Gasteiger partial charge in [-0.1, -0.05) is 0 Å². The molecule has 0 saturated heterocycles. The van der Waals surface area contributed by atoms with Crippen LogP contribution >= 0.6 is 0 Å². The molecule has 0 aliphatic rings. The average molecular weight is 292 g/mol. The van der Waals surface area contributed by atoms with Gasteiger partial charge in [0.2, 0.25) is 10.0 Å². The lowest BCUT2D eigenvalue weighted by Crippen LogP contribution is -2.29. The van der Waals surface area contributed by atoms with E-state index in [1.807, 2.05) is 0 Å². The fourth-order valence-corrected chi connectivity index (χ4v) is 2.97. The van der Waals surface area contributed by atoms with Crippen molar-refractivity contribution >= 4 is 15.7 Å². The molecule has 0 radical (unpaired) electrons. The Morgan fingerprint density at radius 3 is 2.30 bits per heavy atom. The second-order valence-corrected chi connectivity index (χ2v) is 6.53. The number of nitrogens with zero attached hydrogens (tertiary/aromatic N) is 2. The molecule has 2 rings (SSSR count). The zero-order chi connectivity index (χ0) is 14.6. The van der Waals surface area contributed by atoms with E-state index in [1.165, 1.54) is 23.5 Å². The minimum Gasteiger partial charge on any atom is -0.508 e. The average Bonchev–Trinajstić information content (AvgIpc) is 2.46. The van der Waals surface area contributed by atoms with Crippen LogP contribution in [-0.4, -0.2) is 31.3 Å². The van der Waals surface area contributed by atoms with E-state index < -0.39 is 10.0 Å². The van der Waals surface area contributed by atoms with E-state index in [4.69, 9.17) is 0 Å². The van der Waals surface area contributed by atoms with Crippen molar-refractivity contribution in [3.05, 3.63) is 54.4 Å². The molecule has 1 heterocycles. The molecule has 1 N–H and O–H groups in total. The number of sulfonamides is 1. The molecule has 106 valence electrons. The molecule has 2 aromatic rings. The van der Waals surface area contributed by atoms with E-state index in [0.717, 1.165) is 5.56 Å². The van der Waals surface area contributed by atoms with Crippen LogP contribution in [0.25, 0.3) is 0 Å². The van der Waals surface area contributed by atoms with Gasteiger partial charge in [-0.15, -0.1) is 0 Å². The van der Waals surface area contributed by atoms with Crippen molar-refractivity contribution in [2.24, 2.45) is 0 Å². The Kier molecular flexibility index (Phi) is 4.24. The first-order valence-corrected chi connectivity index (χ1v) is 7.74. The third-order valence-corrected chi connectivity index (χ3v) is 4.79. The summed E-state index contributed by atoms with van der Waals surface area (Å²) in [5, 5.41) is 9.22. The normalized spacial score (nSPS) is 11.2. The van der Waals surface area contributed by atoms with Crippen LogP contribution in [0.15, 0.2) is 48.8 Å². The molecule has 0 aliphatic carbocycles. The summed E-state index contributed by atoms with van der Waals surface area (Å²) < 4.78 is 25.7. The highest BCUT2D eigenvalue weighted by Gasteiger charge is 2.18. The van der Waals surface area contributed by atoms with E-state index in [-0.39, 0.29) is 11.5 Å². The molecule has 0 spiro atoms. The third-order valence-electron chi connectivity index (χ3n) is 3.03. The van der Waals surface area contributed by atoms with E-state index in [1.54, 1.807) is 36.7 Å². The van der Waals surface area contributed by atoms with E-state index in [9.17, 15) is 13.5 Å². The molecule has 20 heavy (non-hydrogen) atoms. The first-order valence-electron chi connectivity index (χ1n) is 6.13. The molecule has 0 bridgehead atoms. The number of hydrogen-bond acceptors (Lipinski definition) is 4. The topological polar surface area (TPSA) is 70.5 Å². The molecule has 6 heteroatoms. The van der Waals surface area contributed by atoms with Crippen molar-refractivity contribution < 1.29 is 13.5 Å². The summed E-state index contributed by atoms with van der Waals surface area (Å²) in [6, 6.07) is 9.67. The smallest absolute Gasteiger partial charge is 0.235 e. The van der Waals surface area contributed by atoms with Gasteiger partial charge in [-0.25, -0.2) is 8.42 Å². The molecule has 0 fully saturated rings. The number of rotatable bonds is 5. The highest BCUT2D eigenvalue weighted by molar-refractivity contribution is 7.92. The maximum Gasteiger partial charge on any atom is 0.235 e. The Balaban J connectivity index is 2.08. The number of benzene rings is 1. The maximum atomic E-state index is 12.2. The van der Waals surface area contributed by atoms with Crippen molar-refractivity contribution in [2.75, 3.05) is 17.1 Å². The van der Waals surface area contributed by atoms with Gasteiger partial charge < -0.3 is 5.11 Å². The second kappa shape index (κ2) is 5.92. The Morgan fingerprint density at radius 1 is 1.10 bits per heavy atom.